The van der Waals surface area contributed by atoms with Crippen LogP contribution in [0.3, 0.4) is 0 Å². The molecule has 18 heavy (non-hydrogen) atoms. The fraction of sp³-hybridized carbons (Fsp3) is 0.462. The number of ether oxygens (including phenoxy) is 1. The Morgan fingerprint density at radius 1 is 1.39 bits per heavy atom. The molecular weight excluding hydrogens is 240 g/mol. The molecule has 1 aromatic rings. The number of carbonyl (C=O) groups is 1. The molecule has 0 aliphatic heterocycles. The van der Waals surface area contributed by atoms with Gasteiger partial charge in [0.15, 0.2) is 5.82 Å². The van der Waals surface area contributed by atoms with Gasteiger partial charge in [0.05, 0.1) is 12.3 Å². The first-order valence-corrected chi connectivity index (χ1v) is 5.99. The predicted molar refractivity (Wildman–Crippen MR) is 63.0 cm³/mol. The maximum absolute atomic E-state index is 13.5. The molecule has 0 atom stereocenters. The molecule has 1 saturated carbocycles. The molecule has 0 spiro atoms. The summed E-state index contributed by atoms with van der Waals surface area (Å²) in [7, 11) is 0. The van der Waals surface area contributed by atoms with Crippen molar-refractivity contribution in [3.8, 4) is 0 Å². The first-order chi connectivity index (χ1) is 8.58. The van der Waals surface area contributed by atoms with Crippen molar-refractivity contribution < 1.29 is 18.3 Å². The first-order valence-electron chi connectivity index (χ1n) is 5.99. The normalized spacial score (nSPS) is 15.2. The SMILES string of the molecule is Nc1cc(F)cc(C(=O)OCCC2CCC2)c1F. The van der Waals surface area contributed by atoms with E-state index in [1.807, 2.05) is 0 Å². The van der Waals surface area contributed by atoms with Crippen LogP contribution in [0.4, 0.5) is 14.5 Å². The molecule has 0 saturated heterocycles. The van der Waals surface area contributed by atoms with Gasteiger partial charge in [-0.25, -0.2) is 13.6 Å². The molecule has 0 bridgehead atoms. The summed E-state index contributed by atoms with van der Waals surface area (Å²) >= 11 is 0. The van der Waals surface area contributed by atoms with Crippen molar-refractivity contribution in [2.75, 3.05) is 12.3 Å². The van der Waals surface area contributed by atoms with Gasteiger partial charge in [0.25, 0.3) is 0 Å². The number of nitrogen functional groups attached to an aromatic ring is 1. The highest BCUT2D eigenvalue weighted by atomic mass is 19.1. The maximum atomic E-state index is 13.5. The number of nitrogens with two attached hydrogens (primary N) is 1. The molecule has 0 radical (unpaired) electrons. The Kier molecular flexibility index (Phi) is 3.79. The minimum atomic E-state index is -0.926. The van der Waals surface area contributed by atoms with E-state index in [0.29, 0.717) is 5.92 Å². The summed E-state index contributed by atoms with van der Waals surface area (Å²) in [5, 5.41) is 0. The third-order valence-corrected chi connectivity index (χ3v) is 3.27. The Morgan fingerprint density at radius 3 is 2.72 bits per heavy atom. The van der Waals surface area contributed by atoms with Crippen LogP contribution >= 0.6 is 0 Å². The van der Waals surface area contributed by atoms with E-state index in [2.05, 4.69) is 0 Å². The summed E-state index contributed by atoms with van der Waals surface area (Å²) < 4.78 is 31.5. The Bertz CT molecular complexity index is 459. The number of hydrogen-bond acceptors (Lipinski definition) is 3. The van der Waals surface area contributed by atoms with Gasteiger partial charge in [-0.2, -0.15) is 0 Å². The quantitative estimate of drug-likeness (QED) is 0.664. The second-order valence-electron chi connectivity index (χ2n) is 4.58. The zero-order valence-electron chi connectivity index (χ0n) is 9.92. The first kappa shape index (κ1) is 12.8. The van der Waals surface area contributed by atoms with Gasteiger partial charge in [-0.05, 0) is 24.5 Å². The van der Waals surface area contributed by atoms with Gasteiger partial charge >= 0.3 is 5.97 Å². The standard InChI is InChI=1S/C13H15F2NO2/c14-9-6-10(12(15)11(16)7-9)13(17)18-5-4-8-2-1-3-8/h6-8H,1-5,16H2. The third kappa shape index (κ3) is 2.78. The summed E-state index contributed by atoms with van der Waals surface area (Å²) in [6.45, 7) is 0.235. The summed E-state index contributed by atoms with van der Waals surface area (Å²) in [6.07, 6.45) is 4.30. The molecule has 1 aliphatic carbocycles. The summed E-state index contributed by atoms with van der Waals surface area (Å²) in [5.41, 5.74) is 4.41. The van der Waals surface area contributed by atoms with Crippen LogP contribution < -0.4 is 5.73 Å². The predicted octanol–water partition coefficient (Wildman–Crippen LogP) is 2.89. The molecular formula is C13H15F2NO2. The number of halogens is 2. The lowest BCUT2D eigenvalue weighted by molar-refractivity contribution is 0.0458. The molecule has 2 N–H and O–H groups in total. The van der Waals surface area contributed by atoms with Gasteiger partial charge in [0, 0.05) is 0 Å². The highest BCUT2D eigenvalue weighted by Crippen LogP contribution is 2.29. The van der Waals surface area contributed by atoms with Crippen molar-refractivity contribution in [1.29, 1.82) is 0 Å². The van der Waals surface area contributed by atoms with Crippen LogP contribution in [-0.4, -0.2) is 12.6 Å². The minimum absolute atomic E-state index is 0.235. The van der Waals surface area contributed by atoms with Crippen molar-refractivity contribution in [1.82, 2.24) is 0 Å². The van der Waals surface area contributed by atoms with Crippen LogP contribution in [0.1, 0.15) is 36.0 Å². The van der Waals surface area contributed by atoms with Crippen LogP contribution in [-0.2, 0) is 4.74 Å². The van der Waals surface area contributed by atoms with Crippen molar-refractivity contribution in [3.63, 3.8) is 0 Å². The Hall–Kier alpha value is -1.65. The second-order valence-corrected chi connectivity index (χ2v) is 4.58. The fourth-order valence-corrected chi connectivity index (χ4v) is 1.94. The van der Waals surface area contributed by atoms with E-state index in [0.717, 1.165) is 31.4 Å². The van der Waals surface area contributed by atoms with E-state index < -0.39 is 23.2 Å². The topological polar surface area (TPSA) is 52.3 Å². The maximum Gasteiger partial charge on any atom is 0.341 e. The average molecular weight is 255 g/mol. The van der Waals surface area contributed by atoms with Gasteiger partial charge in [0.2, 0.25) is 0 Å². The van der Waals surface area contributed by atoms with Crippen LogP contribution in [0.2, 0.25) is 0 Å². The van der Waals surface area contributed by atoms with Gasteiger partial charge in [-0.1, -0.05) is 19.3 Å². The van der Waals surface area contributed by atoms with Crippen molar-refractivity contribution in [2.45, 2.75) is 25.7 Å². The summed E-state index contributed by atoms with van der Waals surface area (Å²) in [5.74, 6) is -1.94. The molecule has 1 fully saturated rings. The fourth-order valence-electron chi connectivity index (χ4n) is 1.94. The number of esters is 1. The Labute approximate surface area is 104 Å². The third-order valence-electron chi connectivity index (χ3n) is 3.27. The number of carbonyl (C=O) groups excluding carboxylic acids is 1. The molecule has 3 nitrogen and oxygen atoms in total. The van der Waals surface area contributed by atoms with Gasteiger partial charge in [-0.3, -0.25) is 0 Å². The lowest BCUT2D eigenvalue weighted by Crippen LogP contribution is -2.16. The van der Waals surface area contributed by atoms with Crippen LogP contribution in [0.15, 0.2) is 12.1 Å². The van der Waals surface area contributed by atoms with E-state index in [1.54, 1.807) is 0 Å². The summed E-state index contributed by atoms with van der Waals surface area (Å²) in [6, 6.07) is 1.64. The molecule has 98 valence electrons. The Balaban J connectivity index is 1.95. The smallest absolute Gasteiger partial charge is 0.341 e. The molecule has 0 aromatic heterocycles. The average Bonchev–Trinajstić information content (AvgIpc) is 2.26. The van der Waals surface area contributed by atoms with Crippen LogP contribution in [0.25, 0.3) is 0 Å². The van der Waals surface area contributed by atoms with Crippen molar-refractivity contribution >= 4 is 11.7 Å². The lowest BCUT2D eigenvalue weighted by Gasteiger charge is -2.24. The molecule has 1 aliphatic rings. The second kappa shape index (κ2) is 5.33. The zero-order chi connectivity index (χ0) is 13.1. The Morgan fingerprint density at radius 2 is 2.11 bits per heavy atom. The van der Waals surface area contributed by atoms with E-state index in [4.69, 9.17) is 10.5 Å². The van der Waals surface area contributed by atoms with Gasteiger partial charge in [0.1, 0.15) is 11.4 Å². The molecule has 1 aromatic carbocycles. The minimum Gasteiger partial charge on any atom is -0.462 e. The molecule has 5 heteroatoms. The lowest BCUT2D eigenvalue weighted by atomic mass is 9.83. The summed E-state index contributed by atoms with van der Waals surface area (Å²) in [4.78, 5) is 11.6. The van der Waals surface area contributed by atoms with Gasteiger partial charge < -0.3 is 10.5 Å². The van der Waals surface area contributed by atoms with Crippen LogP contribution in [0.5, 0.6) is 0 Å². The van der Waals surface area contributed by atoms with Crippen LogP contribution in [0, 0.1) is 17.6 Å². The number of hydrogen-bond donors (Lipinski definition) is 1. The van der Waals surface area contributed by atoms with Gasteiger partial charge in [-0.15, -0.1) is 0 Å². The zero-order valence-corrected chi connectivity index (χ0v) is 9.92. The largest absolute Gasteiger partial charge is 0.462 e. The van der Waals surface area contributed by atoms with E-state index >= 15 is 0 Å². The van der Waals surface area contributed by atoms with E-state index in [1.165, 1.54) is 6.42 Å². The van der Waals surface area contributed by atoms with Crippen molar-refractivity contribution in [2.24, 2.45) is 5.92 Å². The highest BCUT2D eigenvalue weighted by molar-refractivity contribution is 5.90. The monoisotopic (exact) mass is 255 g/mol. The highest BCUT2D eigenvalue weighted by Gasteiger charge is 2.20. The molecule has 0 unspecified atom stereocenters. The molecule has 0 amide bonds. The van der Waals surface area contributed by atoms with E-state index in [9.17, 15) is 13.6 Å². The number of anilines is 1. The number of benzene rings is 1. The molecule has 2 rings (SSSR count). The molecule has 0 heterocycles. The number of rotatable bonds is 4. The van der Waals surface area contributed by atoms with Crippen molar-refractivity contribution in [3.05, 3.63) is 29.3 Å². The van der Waals surface area contributed by atoms with E-state index in [-0.39, 0.29) is 12.3 Å².